The van der Waals surface area contributed by atoms with Crippen molar-refractivity contribution in [1.29, 1.82) is 0 Å². The Kier molecular flexibility index (Phi) is 6.71. The number of rotatable bonds is 5. The van der Waals surface area contributed by atoms with Gasteiger partial charge in [0.2, 0.25) is 0 Å². The van der Waals surface area contributed by atoms with E-state index in [-0.39, 0.29) is 12.4 Å². The van der Waals surface area contributed by atoms with Crippen molar-refractivity contribution in [2.75, 3.05) is 32.9 Å². The molecule has 2 atom stereocenters. The van der Waals surface area contributed by atoms with Crippen LogP contribution in [0.5, 0.6) is 0 Å². The fourth-order valence-electron chi connectivity index (χ4n) is 4.26. The first-order valence-corrected chi connectivity index (χ1v) is 9.32. The van der Waals surface area contributed by atoms with Gasteiger partial charge in [-0.15, -0.1) is 12.4 Å². The Morgan fingerprint density at radius 2 is 1.80 bits per heavy atom. The standard InChI is InChI=1S/C21H27NO2.ClH/c1-2-8-19-17(5-1)6-3-7-18(19)11-14-24-21-10-4-9-20(21)22-12-15-23-16-13-22;/h1-3,5-8,20-21H,4,9-16H2;1H/t20-,21-;/m0./s1. The predicted molar refractivity (Wildman–Crippen MR) is 105 cm³/mol. The van der Waals surface area contributed by atoms with Crippen molar-refractivity contribution in [3.63, 3.8) is 0 Å². The van der Waals surface area contributed by atoms with Crippen LogP contribution in [0.1, 0.15) is 24.8 Å². The molecule has 4 rings (SSSR count). The third kappa shape index (κ3) is 4.35. The highest BCUT2D eigenvalue weighted by atomic mass is 35.5. The van der Waals surface area contributed by atoms with Crippen molar-refractivity contribution in [3.8, 4) is 0 Å². The second-order valence-corrected chi connectivity index (χ2v) is 6.94. The van der Waals surface area contributed by atoms with Gasteiger partial charge >= 0.3 is 0 Å². The lowest BCUT2D eigenvalue weighted by atomic mass is 10.0. The van der Waals surface area contributed by atoms with Crippen molar-refractivity contribution in [3.05, 3.63) is 48.0 Å². The molecule has 2 aromatic carbocycles. The van der Waals surface area contributed by atoms with E-state index in [1.807, 2.05) is 0 Å². The van der Waals surface area contributed by atoms with Gasteiger partial charge in [0, 0.05) is 19.1 Å². The Balaban J connectivity index is 0.00000182. The van der Waals surface area contributed by atoms with Gasteiger partial charge in [-0.25, -0.2) is 0 Å². The summed E-state index contributed by atoms with van der Waals surface area (Å²) in [7, 11) is 0. The van der Waals surface area contributed by atoms with Crippen LogP contribution in [0.2, 0.25) is 0 Å². The molecule has 0 bridgehead atoms. The van der Waals surface area contributed by atoms with Gasteiger partial charge in [-0.2, -0.15) is 0 Å². The maximum absolute atomic E-state index is 6.34. The number of benzene rings is 2. The second-order valence-electron chi connectivity index (χ2n) is 6.94. The van der Waals surface area contributed by atoms with Crippen molar-refractivity contribution in [1.82, 2.24) is 4.90 Å². The van der Waals surface area contributed by atoms with Gasteiger partial charge in [-0.1, -0.05) is 42.5 Å². The van der Waals surface area contributed by atoms with Crippen LogP contribution in [0.3, 0.4) is 0 Å². The minimum absolute atomic E-state index is 0. The molecule has 25 heavy (non-hydrogen) atoms. The van der Waals surface area contributed by atoms with Crippen LogP contribution < -0.4 is 0 Å². The molecule has 0 radical (unpaired) electrons. The quantitative estimate of drug-likeness (QED) is 0.801. The van der Waals surface area contributed by atoms with E-state index >= 15 is 0 Å². The number of morpholine rings is 1. The highest BCUT2D eigenvalue weighted by molar-refractivity contribution is 5.86. The van der Waals surface area contributed by atoms with Crippen LogP contribution in [0.4, 0.5) is 0 Å². The lowest BCUT2D eigenvalue weighted by Gasteiger charge is -2.35. The third-order valence-corrected chi connectivity index (χ3v) is 5.52. The van der Waals surface area contributed by atoms with Crippen LogP contribution >= 0.6 is 12.4 Å². The van der Waals surface area contributed by atoms with Gasteiger partial charge in [-0.3, -0.25) is 4.90 Å². The minimum atomic E-state index is 0. The number of nitrogens with zero attached hydrogens (tertiary/aromatic N) is 1. The molecule has 0 amide bonds. The van der Waals surface area contributed by atoms with E-state index in [2.05, 4.69) is 47.4 Å². The molecule has 0 aromatic heterocycles. The molecule has 2 aromatic rings. The van der Waals surface area contributed by atoms with Gasteiger partial charge in [0.1, 0.15) is 0 Å². The van der Waals surface area contributed by atoms with Crippen LogP contribution in [0.25, 0.3) is 10.8 Å². The minimum Gasteiger partial charge on any atom is -0.379 e. The first-order chi connectivity index (χ1) is 11.9. The topological polar surface area (TPSA) is 21.7 Å². The van der Waals surface area contributed by atoms with E-state index in [0.717, 1.165) is 39.3 Å². The zero-order chi connectivity index (χ0) is 16.2. The monoisotopic (exact) mass is 361 g/mol. The molecule has 0 unspecified atom stereocenters. The Hall–Kier alpha value is -1.13. The summed E-state index contributed by atoms with van der Waals surface area (Å²) >= 11 is 0. The molecular weight excluding hydrogens is 334 g/mol. The van der Waals surface area contributed by atoms with Crippen molar-refractivity contribution >= 4 is 23.2 Å². The lowest BCUT2D eigenvalue weighted by molar-refractivity contribution is -0.0366. The molecule has 0 N–H and O–H groups in total. The molecule has 1 aliphatic carbocycles. The summed E-state index contributed by atoms with van der Waals surface area (Å²) in [6, 6.07) is 15.8. The highest BCUT2D eigenvalue weighted by Crippen LogP contribution is 2.28. The zero-order valence-electron chi connectivity index (χ0n) is 14.7. The largest absolute Gasteiger partial charge is 0.379 e. The molecule has 0 spiro atoms. The van der Waals surface area contributed by atoms with E-state index < -0.39 is 0 Å². The Morgan fingerprint density at radius 1 is 1.00 bits per heavy atom. The molecule has 2 fully saturated rings. The van der Waals surface area contributed by atoms with Crippen LogP contribution in [-0.2, 0) is 15.9 Å². The average molecular weight is 362 g/mol. The molecular formula is C21H28ClNO2. The Morgan fingerprint density at radius 3 is 2.68 bits per heavy atom. The molecule has 1 aliphatic heterocycles. The third-order valence-electron chi connectivity index (χ3n) is 5.52. The summed E-state index contributed by atoms with van der Waals surface area (Å²) in [5.74, 6) is 0. The summed E-state index contributed by atoms with van der Waals surface area (Å²) in [5.41, 5.74) is 1.40. The fraction of sp³-hybridized carbons (Fsp3) is 0.524. The van der Waals surface area contributed by atoms with Gasteiger partial charge in [0.05, 0.1) is 25.9 Å². The zero-order valence-corrected chi connectivity index (χ0v) is 15.5. The maximum atomic E-state index is 6.34. The summed E-state index contributed by atoms with van der Waals surface area (Å²) in [6.07, 6.45) is 5.17. The first kappa shape index (κ1) is 18.7. The van der Waals surface area contributed by atoms with Crippen molar-refractivity contribution in [2.45, 2.75) is 37.8 Å². The van der Waals surface area contributed by atoms with Crippen molar-refractivity contribution in [2.24, 2.45) is 0 Å². The molecule has 136 valence electrons. The smallest absolute Gasteiger partial charge is 0.0730 e. The van der Waals surface area contributed by atoms with E-state index in [1.54, 1.807) is 0 Å². The molecule has 3 nitrogen and oxygen atoms in total. The molecule has 2 aliphatic rings. The summed E-state index contributed by atoms with van der Waals surface area (Å²) in [6.45, 7) is 4.69. The fourth-order valence-corrected chi connectivity index (χ4v) is 4.26. The van der Waals surface area contributed by atoms with Gasteiger partial charge in [-0.05, 0) is 42.0 Å². The van der Waals surface area contributed by atoms with E-state index in [1.165, 1.54) is 35.6 Å². The van der Waals surface area contributed by atoms with E-state index in [4.69, 9.17) is 9.47 Å². The maximum Gasteiger partial charge on any atom is 0.0730 e. The number of hydrogen-bond acceptors (Lipinski definition) is 3. The first-order valence-electron chi connectivity index (χ1n) is 9.32. The highest BCUT2D eigenvalue weighted by Gasteiger charge is 2.33. The normalized spacial score (nSPS) is 24.3. The summed E-state index contributed by atoms with van der Waals surface area (Å²) in [5, 5.41) is 2.68. The lowest BCUT2D eigenvalue weighted by Crippen LogP contribution is -2.47. The van der Waals surface area contributed by atoms with Crippen LogP contribution in [0.15, 0.2) is 42.5 Å². The predicted octanol–water partition coefficient (Wildman–Crippen LogP) is 4.07. The average Bonchev–Trinajstić information content (AvgIpc) is 3.11. The Labute approximate surface area is 156 Å². The molecule has 1 saturated heterocycles. The SMILES string of the molecule is Cl.c1ccc2c(CCO[C@H]3CCC[C@@H]3N3CCOCC3)cccc2c1. The van der Waals surface area contributed by atoms with E-state index in [9.17, 15) is 0 Å². The van der Waals surface area contributed by atoms with Gasteiger partial charge in [0.25, 0.3) is 0 Å². The van der Waals surface area contributed by atoms with Crippen molar-refractivity contribution < 1.29 is 9.47 Å². The molecule has 4 heteroatoms. The van der Waals surface area contributed by atoms with Crippen LogP contribution in [-0.4, -0.2) is 50.0 Å². The Bertz CT molecular complexity index is 666. The molecule has 1 saturated carbocycles. The number of ether oxygens (including phenoxy) is 2. The van der Waals surface area contributed by atoms with Gasteiger partial charge < -0.3 is 9.47 Å². The van der Waals surface area contributed by atoms with E-state index in [0.29, 0.717) is 12.1 Å². The van der Waals surface area contributed by atoms with Gasteiger partial charge in [0.15, 0.2) is 0 Å². The second kappa shape index (κ2) is 9.00. The molecule has 1 heterocycles. The summed E-state index contributed by atoms with van der Waals surface area (Å²) in [4.78, 5) is 2.58. The van der Waals surface area contributed by atoms with Crippen LogP contribution in [0, 0.1) is 0 Å². The number of halogens is 1. The number of fused-ring (bicyclic) bond motifs is 1. The number of hydrogen-bond donors (Lipinski definition) is 0. The summed E-state index contributed by atoms with van der Waals surface area (Å²) < 4.78 is 11.8.